The Hall–Kier alpha value is 0.0500. The predicted molar refractivity (Wildman–Crippen MR) is 50.6 cm³/mol. The van der Waals surface area contributed by atoms with E-state index in [1.54, 1.807) is 0 Å². The third-order valence-corrected chi connectivity index (χ3v) is 1.78. The summed E-state index contributed by atoms with van der Waals surface area (Å²) in [5.74, 6) is -0.229. The molecule has 0 radical (unpaired) electrons. The molecule has 4 heteroatoms. The first kappa shape index (κ1) is 12.0. The molecule has 0 bridgehead atoms. The van der Waals surface area contributed by atoms with E-state index in [0.29, 0.717) is 6.42 Å². The van der Waals surface area contributed by atoms with Gasteiger partial charge in [0.1, 0.15) is 0 Å². The van der Waals surface area contributed by atoms with Crippen molar-refractivity contribution in [3.05, 3.63) is 0 Å². The smallest absolute Gasteiger partial charge is 0.306 e. The van der Waals surface area contributed by atoms with Crippen LogP contribution in [0.4, 0.5) is 0 Å². The Bertz CT molecular complexity index is 126. The highest BCUT2D eigenvalue weighted by Crippen LogP contribution is 2.08. The lowest BCUT2D eigenvalue weighted by Gasteiger charge is -2.02. The minimum absolute atomic E-state index is 0.0509. The average Bonchev–Trinajstić information content (AvgIpc) is 1.98. The topological polar surface area (TPSA) is 26.3 Å². The van der Waals surface area contributed by atoms with E-state index in [2.05, 4.69) is 4.74 Å². The van der Waals surface area contributed by atoms with Crippen LogP contribution in [0.15, 0.2) is 0 Å². The second kappa shape index (κ2) is 7.69. The van der Waals surface area contributed by atoms with Gasteiger partial charge in [0, 0.05) is 11.8 Å². The lowest BCUT2D eigenvalue weighted by Crippen LogP contribution is -2.02. The summed E-state index contributed by atoms with van der Waals surface area (Å²) in [6.45, 7) is 1.94. The maximum Gasteiger partial charge on any atom is 0.306 e. The molecule has 0 aromatic rings. The Kier molecular flexibility index (Phi) is 7.72. The first-order valence-corrected chi connectivity index (χ1v) is 4.99. The van der Waals surface area contributed by atoms with Crippen molar-refractivity contribution in [2.75, 3.05) is 6.07 Å². The van der Waals surface area contributed by atoms with Gasteiger partial charge in [-0.15, -0.1) is 11.6 Å². The van der Waals surface area contributed by atoms with Crippen molar-refractivity contribution < 1.29 is 9.53 Å². The fraction of sp³-hybridized carbons (Fsp3) is 0.875. The number of hydrogen-bond donors (Lipinski definition) is 0. The van der Waals surface area contributed by atoms with E-state index in [4.69, 9.17) is 23.2 Å². The van der Waals surface area contributed by atoms with Crippen LogP contribution in [0.2, 0.25) is 0 Å². The van der Waals surface area contributed by atoms with Crippen molar-refractivity contribution in [1.82, 2.24) is 0 Å². The quantitative estimate of drug-likeness (QED) is 0.385. The van der Waals surface area contributed by atoms with E-state index in [1.807, 2.05) is 6.92 Å². The first-order chi connectivity index (χ1) is 5.66. The molecular weight excluding hydrogens is 199 g/mol. The van der Waals surface area contributed by atoms with Gasteiger partial charge in [-0.3, -0.25) is 4.79 Å². The number of ether oxygens (including phenoxy) is 1. The summed E-state index contributed by atoms with van der Waals surface area (Å²) in [6, 6.07) is -0.0509. The molecule has 0 N–H and O–H groups in total. The molecule has 0 saturated carbocycles. The number of rotatable bonds is 6. The Morgan fingerprint density at radius 3 is 2.67 bits per heavy atom. The van der Waals surface area contributed by atoms with Gasteiger partial charge in [0.2, 0.25) is 0 Å². The second-order valence-corrected chi connectivity index (χ2v) is 3.62. The molecule has 0 aliphatic heterocycles. The van der Waals surface area contributed by atoms with Gasteiger partial charge in [-0.1, -0.05) is 18.0 Å². The molecule has 0 aliphatic rings. The Balaban J connectivity index is 3.14. The fourth-order valence-electron chi connectivity index (χ4n) is 0.828. The van der Waals surface area contributed by atoms with Gasteiger partial charge in [0.15, 0.2) is 6.07 Å². The summed E-state index contributed by atoms with van der Waals surface area (Å²) < 4.78 is 4.54. The van der Waals surface area contributed by atoms with Crippen molar-refractivity contribution in [3.8, 4) is 0 Å². The summed E-state index contributed by atoms with van der Waals surface area (Å²) in [5, 5.41) is 0.189. The molecular formula is C8H14Cl2O2. The molecule has 2 nitrogen and oxygen atoms in total. The number of carbonyl (C=O) groups is 1. The summed E-state index contributed by atoms with van der Waals surface area (Å²) in [7, 11) is 0. The van der Waals surface area contributed by atoms with Crippen LogP contribution in [-0.2, 0) is 9.53 Å². The molecule has 1 unspecified atom stereocenters. The van der Waals surface area contributed by atoms with Crippen molar-refractivity contribution in [1.29, 1.82) is 0 Å². The number of hydrogen-bond acceptors (Lipinski definition) is 2. The van der Waals surface area contributed by atoms with Crippen molar-refractivity contribution in [3.63, 3.8) is 0 Å². The lowest BCUT2D eigenvalue weighted by atomic mass is 10.1. The highest BCUT2D eigenvalue weighted by molar-refractivity contribution is 6.20. The van der Waals surface area contributed by atoms with E-state index >= 15 is 0 Å². The third-order valence-electron chi connectivity index (χ3n) is 1.45. The second-order valence-electron chi connectivity index (χ2n) is 2.65. The summed E-state index contributed by atoms with van der Waals surface area (Å²) in [4.78, 5) is 10.7. The normalized spacial score (nSPS) is 12.6. The van der Waals surface area contributed by atoms with Crippen molar-refractivity contribution in [2.45, 2.75) is 38.0 Å². The van der Waals surface area contributed by atoms with Gasteiger partial charge in [-0.2, -0.15) is 0 Å². The lowest BCUT2D eigenvalue weighted by molar-refractivity contribution is -0.141. The molecule has 0 aliphatic carbocycles. The average molecular weight is 213 g/mol. The van der Waals surface area contributed by atoms with Crippen molar-refractivity contribution >= 4 is 29.2 Å². The Morgan fingerprint density at radius 2 is 2.17 bits per heavy atom. The van der Waals surface area contributed by atoms with E-state index < -0.39 is 0 Å². The van der Waals surface area contributed by atoms with Crippen LogP contribution >= 0.6 is 23.2 Å². The number of halogens is 2. The number of alkyl halides is 2. The van der Waals surface area contributed by atoms with Gasteiger partial charge in [0.05, 0.1) is 0 Å². The zero-order chi connectivity index (χ0) is 9.40. The maximum atomic E-state index is 10.7. The molecule has 72 valence electrons. The summed E-state index contributed by atoms with van der Waals surface area (Å²) >= 11 is 10.9. The molecule has 1 atom stereocenters. The molecule has 0 saturated heterocycles. The van der Waals surface area contributed by atoms with Crippen LogP contribution in [-0.4, -0.2) is 17.4 Å². The highest BCUT2D eigenvalue weighted by Gasteiger charge is 2.02. The molecule has 0 aromatic heterocycles. The minimum atomic E-state index is -0.229. The molecule has 0 amide bonds. The first-order valence-electron chi connectivity index (χ1n) is 4.02. The van der Waals surface area contributed by atoms with E-state index in [-0.39, 0.29) is 17.4 Å². The minimum Gasteiger partial charge on any atom is -0.449 e. The van der Waals surface area contributed by atoms with Crippen LogP contribution in [0.1, 0.15) is 32.6 Å². The van der Waals surface area contributed by atoms with E-state index in [1.165, 1.54) is 0 Å². The van der Waals surface area contributed by atoms with Gasteiger partial charge in [-0.05, 0) is 19.8 Å². The third kappa shape index (κ3) is 8.15. The number of unbranched alkanes of at least 4 members (excludes halogenated alkanes) is 1. The fourth-order valence-corrected chi connectivity index (χ4v) is 1.10. The van der Waals surface area contributed by atoms with Gasteiger partial charge >= 0.3 is 5.97 Å². The summed E-state index contributed by atoms with van der Waals surface area (Å²) in [5.41, 5.74) is 0. The van der Waals surface area contributed by atoms with Crippen LogP contribution in [0.5, 0.6) is 0 Å². The molecule has 12 heavy (non-hydrogen) atoms. The molecule has 0 spiro atoms. The maximum absolute atomic E-state index is 10.7. The van der Waals surface area contributed by atoms with Crippen LogP contribution in [0.3, 0.4) is 0 Å². The molecule has 0 rings (SSSR count). The SMILES string of the molecule is CC(Cl)CCCCC(=O)OCCl. The van der Waals surface area contributed by atoms with Crippen LogP contribution in [0, 0.1) is 0 Å². The standard InChI is InChI=1S/C8H14Cl2O2/c1-7(10)4-2-3-5-8(11)12-6-9/h7H,2-6H2,1H3. The Labute approximate surface area is 83.2 Å². The number of carbonyl (C=O) groups excluding carboxylic acids is 1. The molecule has 0 aromatic carbocycles. The molecule has 0 fully saturated rings. The predicted octanol–water partition coefficient (Wildman–Crippen LogP) is 2.91. The van der Waals surface area contributed by atoms with Gasteiger partial charge in [-0.25, -0.2) is 0 Å². The largest absolute Gasteiger partial charge is 0.449 e. The monoisotopic (exact) mass is 212 g/mol. The van der Waals surface area contributed by atoms with E-state index in [0.717, 1.165) is 19.3 Å². The zero-order valence-corrected chi connectivity index (χ0v) is 8.70. The van der Waals surface area contributed by atoms with Crippen molar-refractivity contribution in [2.24, 2.45) is 0 Å². The molecule has 0 heterocycles. The number of esters is 1. The zero-order valence-electron chi connectivity index (χ0n) is 7.19. The highest BCUT2D eigenvalue weighted by atomic mass is 35.5. The van der Waals surface area contributed by atoms with Gasteiger partial charge < -0.3 is 4.74 Å². The van der Waals surface area contributed by atoms with Crippen LogP contribution < -0.4 is 0 Å². The van der Waals surface area contributed by atoms with Crippen LogP contribution in [0.25, 0.3) is 0 Å². The van der Waals surface area contributed by atoms with E-state index in [9.17, 15) is 4.79 Å². The van der Waals surface area contributed by atoms with Gasteiger partial charge in [0.25, 0.3) is 0 Å². The summed E-state index contributed by atoms with van der Waals surface area (Å²) in [6.07, 6.45) is 3.17. The Morgan fingerprint density at radius 1 is 1.50 bits per heavy atom.